The van der Waals surface area contributed by atoms with Crippen molar-refractivity contribution < 1.29 is 19.8 Å². The average Bonchev–Trinajstić information content (AvgIpc) is 2.20. The lowest BCUT2D eigenvalue weighted by Gasteiger charge is -2.06. The van der Waals surface area contributed by atoms with Gasteiger partial charge in [0, 0.05) is 4.90 Å². The molecule has 0 spiro atoms. The second kappa shape index (κ2) is 5.55. The topological polar surface area (TPSA) is 74.6 Å². The first kappa shape index (κ1) is 12.6. The number of rotatable bonds is 5. The minimum atomic E-state index is -0.876. The molecule has 2 N–H and O–H groups in total. The van der Waals surface area contributed by atoms with Crippen LogP contribution in [0.25, 0.3) is 0 Å². The SMILES string of the molecule is CC(Sc1ccc(CC(=O)O)cc1)C(=O)O. The number of thioether (sulfide) groups is 1. The second-order valence-electron chi connectivity index (χ2n) is 3.31. The van der Waals surface area contributed by atoms with E-state index in [2.05, 4.69) is 0 Å². The summed E-state index contributed by atoms with van der Waals surface area (Å²) in [6, 6.07) is 6.88. The standard InChI is InChI=1S/C11H12O4S/c1-7(11(14)15)16-9-4-2-8(3-5-9)6-10(12)13/h2-5,7H,6H2,1H3,(H,12,13)(H,14,15). The summed E-state index contributed by atoms with van der Waals surface area (Å²) in [4.78, 5) is 21.9. The summed E-state index contributed by atoms with van der Waals surface area (Å²) < 4.78 is 0. The van der Waals surface area contributed by atoms with E-state index in [-0.39, 0.29) is 6.42 Å². The van der Waals surface area contributed by atoms with E-state index < -0.39 is 17.2 Å². The number of carboxylic acids is 2. The normalized spacial score (nSPS) is 12.1. The predicted molar refractivity (Wildman–Crippen MR) is 60.7 cm³/mol. The fraction of sp³-hybridized carbons (Fsp3) is 0.273. The van der Waals surface area contributed by atoms with E-state index in [4.69, 9.17) is 10.2 Å². The first-order valence-electron chi connectivity index (χ1n) is 4.69. The van der Waals surface area contributed by atoms with Crippen molar-refractivity contribution in [1.29, 1.82) is 0 Å². The van der Waals surface area contributed by atoms with Crippen molar-refractivity contribution in [3.8, 4) is 0 Å². The Kier molecular flexibility index (Phi) is 4.37. The highest BCUT2D eigenvalue weighted by atomic mass is 32.2. The van der Waals surface area contributed by atoms with Crippen molar-refractivity contribution in [2.24, 2.45) is 0 Å². The van der Waals surface area contributed by atoms with Crippen LogP contribution >= 0.6 is 11.8 Å². The van der Waals surface area contributed by atoms with Crippen LogP contribution in [-0.4, -0.2) is 27.4 Å². The van der Waals surface area contributed by atoms with Crippen LogP contribution in [0.3, 0.4) is 0 Å². The van der Waals surface area contributed by atoms with E-state index >= 15 is 0 Å². The molecule has 0 bridgehead atoms. The molecule has 1 atom stereocenters. The van der Waals surface area contributed by atoms with Gasteiger partial charge in [0.15, 0.2) is 0 Å². The van der Waals surface area contributed by atoms with Gasteiger partial charge in [0.2, 0.25) is 0 Å². The van der Waals surface area contributed by atoms with Crippen LogP contribution in [0.2, 0.25) is 0 Å². The van der Waals surface area contributed by atoms with Crippen LogP contribution in [0.1, 0.15) is 12.5 Å². The zero-order chi connectivity index (χ0) is 12.1. The van der Waals surface area contributed by atoms with Crippen LogP contribution in [0.4, 0.5) is 0 Å². The maximum atomic E-state index is 10.6. The third-order valence-electron chi connectivity index (χ3n) is 1.94. The van der Waals surface area contributed by atoms with Crippen LogP contribution in [0.5, 0.6) is 0 Å². The maximum absolute atomic E-state index is 10.6. The lowest BCUT2D eigenvalue weighted by Crippen LogP contribution is -2.10. The molecule has 0 heterocycles. The van der Waals surface area contributed by atoms with Gasteiger partial charge in [-0.2, -0.15) is 0 Å². The number of benzene rings is 1. The Morgan fingerprint density at radius 3 is 2.25 bits per heavy atom. The van der Waals surface area contributed by atoms with Gasteiger partial charge >= 0.3 is 11.9 Å². The molecule has 0 saturated carbocycles. The third kappa shape index (κ3) is 3.94. The molecule has 1 rings (SSSR count). The summed E-state index contributed by atoms with van der Waals surface area (Å²) in [6.07, 6.45) is -0.0145. The molecule has 0 aromatic heterocycles. The fourth-order valence-corrected chi connectivity index (χ4v) is 1.92. The zero-order valence-corrected chi connectivity index (χ0v) is 9.53. The van der Waals surface area contributed by atoms with Gasteiger partial charge in [-0.15, -0.1) is 11.8 Å². The largest absolute Gasteiger partial charge is 0.481 e. The van der Waals surface area contributed by atoms with Crippen LogP contribution in [0.15, 0.2) is 29.2 Å². The molecular weight excluding hydrogens is 228 g/mol. The Bertz CT molecular complexity index is 385. The van der Waals surface area contributed by atoms with Crippen molar-refractivity contribution in [3.63, 3.8) is 0 Å². The molecule has 5 heteroatoms. The Hall–Kier alpha value is -1.49. The maximum Gasteiger partial charge on any atom is 0.316 e. The molecule has 4 nitrogen and oxygen atoms in total. The van der Waals surface area contributed by atoms with E-state index in [1.165, 1.54) is 11.8 Å². The van der Waals surface area contributed by atoms with E-state index in [9.17, 15) is 9.59 Å². The minimum Gasteiger partial charge on any atom is -0.481 e. The van der Waals surface area contributed by atoms with Gasteiger partial charge in [-0.3, -0.25) is 9.59 Å². The number of carboxylic acid groups (broad SMARTS) is 2. The molecular formula is C11H12O4S. The quantitative estimate of drug-likeness (QED) is 0.769. The summed E-state index contributed by atoms with van der Waals surface area (Å²) in [5.41, 5.74) is 0.708. The molecule has 0 aliphatic heterocycles. The summed E-state index contributed by atoms with van der Waals surface area (Å²) in [7, 11) is 0. The van der Waals surface area contributed by atoms with Gasteiger partial charge in [-0.05, 0) is 24.6 Å². The molecule has 0 amide bonds. The van der Waals surface area contributed by atoms with Crippen LogP contribution in [0, 0.1) is 0 Å². The Balaban J connectivity index is 2.64. The van der Waals surface area contributed by atoms with Gasteiger partial charge in [-0.25, -0.2) is 0 Å². The first-order valence-corrected chi connectivity index (χ1v) is 5.57. The Labute approximate surface area is 97.3 Å². The molecule has 0 fully saturated rings. The van der Waals surface area contributed by atoms with E-state index in [0.29, 0.717) is 5.56 Å². The monoisotopic (exact) mass is 240 g/mol. The highest BCUT2D eigenvalue weighted by Gasteiger charge is 2.12. The molecule has 16 heavy (non-hydrogen) atoms. The third-order valence-corrected chi connectivity index (χ3v) is 3.04. The lowest BCUT2D eigenvalue weighted by molar-refractivity contribution is -0.137. The van der Waals surface area contributed by atoms with Crippen molar-refractivity contribution >= 4 is 23.7 Å². The van der Waals surface area contributed by atoms with Gasteiger partial charge < -0.3 is 10.2 Å². The van der Waals surface area contributed by atoms with E-state index in [1.807, 2.05) is 0 Å². The number of carbonyl (C=O) groups is 2. The van der Waals surface area contributed by atoms with Crippen molar-refractivity contribution in [2.45, 2.75) is 23.5 Å². The molecule has 86 valence electrons. The zero-order valence-electron chi connectivity index (χ0n) is 8.71. The van der Waals surface area contributed by atoms with Crippen molar-refractivity contribution in [1.82, 2.24) is 0 Å². The van der Waals surface area contributed by atoms with Gasteiger partial charge in [0.25, 0.3) is 0 Å². The molecule has 0 aliphatic rings. The summed E-state index contributed by atoms with van der Waals surface area (Å²) >= 11 is 1.23. The first-order chi connectivity index (χ1) is 7.49. The lowest BCUT2D eigenvalue weighted by atomic mass is 10.2. The van der Waals surface area contributed by atoms with Crippen molar-refractivity contribution in [3.05, 3.63) is 29.8 Å². The highest BCUT2D eigenvalue weighted by molar-refractivity contribution is 8.00. The number of aliphatic carboxylic acids is 2. The van der Waals surface area contributed by atoms with E-state index in [0.717, 1.165) is 4.90 Å². The molecule has 0 aliphatic carbocycles. The molecule has 1 aromatic carbocycles. The Morgan fingerprint density at radius 2 is 1.81 bits per heavy atom. The molecule has 0 saturated heterocycles. The van der Waals surface area contributed by atoms with Gasteiger partial charge in [-0.1, -0.05) is 12.1 Å². The van der Waals surface area contributed by atoms with Gasteiger partial charge in [0.05, 0.1) is 6.42 Å². The number of hydrogen-bond acceptors (Lipinski definition) is 3. The Morgan fingerprint density at radius 1 is 1.25 bits per heavy atom. The molecule has 1 unspecified atom stereocenters. The summed E-state index contributed by atoms with van der Waals surface area (Å²) in [5.74, 6) is -1.74. The smallest absolute Gasteiger partial charge is 0.316 e. The van der Waals surface area contributed by atoms with E-state index in [1.54, 1.807) is 31.2 Å². The van der Waals surface area contributed by atoms with Crippen molar-refractivity contribution in [2.75, 3.05) is 0 Å². The fourth-order valence-electron chi connectivity index (χ4n) is 1.12. The minimum absolute atomic E-state index is 0.0145. The highest BCUT2D eigenvalue weighted by Crippen LogP contribution is 2.23. The van der Waals surface area contributed by atoms with Gasteiger partial charge in [0.1, 0.15) is 5.25 Å². The van der Waals surface area contributed by atoms with Crippen LogP contribution in [-0.2, 0) is 16.0 Å². The number of hydrogen-bond donors (Lipinski definition) is 2. The summed E-state index contributed by atoms with van der Waals surface area (Å²) in [5, 5.41) is 16.8. The molecule has 0 radical (unpaired) electrons. The van der Waals surface area contributed by atoms with Crippen LogP contribution < -0.4 is 0 Å². The second-order valence-corrected chi connectivity index (χ2v) is 4.73. The summed E-state index contributed by atoms with van der Waals surface area (Å²) in [6.45, 7) is 1.61. The molecule has 1 aromatic rings. The predicted octanol–water partition coefficient (Wildman–Crippen LogP) is 1.88. The average molecular weight is 240 g/mol.